The molecule has 0 saturated heterocycles. The van der Waals surface area contributed by atoms with Gasteiger partial charge in [-0.3, -0.25) is 4.79 Å². The van der Waals surface area contributed by atoms with Gasteiger partial charge in [0.05, 0.1) is 0 Å². The number of nitrogens with zero attached hydrogens (tertiary/aromatic N) is 1. The highest BCUT2D eigenvalue weighted by molar-refractivity contribution is 7.13. The quantitative estimate of drug-likeness (QED) is 0.730. The maximum atomic E-state index is 11.1. The molecular weight excluding hydrogens is 174 g/mol. The number of nitrogens with two attached hydrogens (primary N) is 1. The number of anilines is 2. The van der Waals surface area contributed by atoms with Crippen molar-refractivity contribution >= 4 is 28.2 Å². The topological polar surface area (TPSA) is 68.0 Å². The molecule has 3 N–H and O–H groups in total. The molecule has 0 aliphatic heterocycles. The molecule has 0 aliphatic rings. The van der Waals surface area contributed by atoms with E-state index in [0.717, 1.165) is 0 Å². The van der Waals surface area contributed by atoms with E-state index in [1.165, 1.54) is 11.3 Å². The lowest BCUT2D eigenvalue weighted by Gasteiger charge is -2.03. The van der Waals surface area contributed by atoms with Gasteiger partial charge in [-0.05, 0) is 0 Å². The minimum Gasteiger partial charge on any atom is -0.375 e. The van der Waals surface area contributed by atoms with E-state index in [0.29, 0.717) is 10.9 Å². The second-order valence-corrected chi connectivity index (χ2v) is 3.60. The fourth-order valence-electron chi connectivity index (χ4n) is 0.616. The zero-order chi connectivity index (χ0) is 9.14. The van der Waals surface area contributed by atoms with E-state index in [1.54, 1.807) is 5.38 Å². The smallest absolute Gasteiger partial charge is 0.228 e. The number of aromatic nitrogens is 1. The van der Waals surface area contributed by atoms with Crippen LogP contribution in [-0.4, -0.2) is 10.9 Å². The standard InChI is InChI=1S/C7H11N3OS/c1-4(2)6(11)9-5-3-12-7(8)10-5/h3-4H,1-2H3,(H2,8,10)(H,9,11). The highest BCUT2D eigenvalue weighted by atomic mass is 32.1. The van der Waals surface area contributed by atoms with Crippen LogP contribution in [0.25, 0.3) is 0 Å². The van der Waals surface area contributed by atoms with Crippen molar-refractivity contribution in [3.8, 4) is 0 Å². The van der Waals surface area contributed by atoms with Crippen LogP contribution in [0, 0.1) is 5.92 Å². The van der Waals surface area contributed by atoms with Crippen molar-refractivity contribution in [3.05, 3.63) is 5.38 Å². The fourth-order valence-corrected chi connectivity index (χ4v) is 1.11. The Balaban J connectivity index is 2.58. The summed E-state index contributed by atoms with van der Waals surface area (Å²) in [6, 6.07) is 0. The van der Waals surface area contributed by atoms with Gasteiger partial charge in [-0.25, -0.2) is 4.98 Å². The van der Waals surface area contributed by atoms with Gasteiger partial charge in [-0.1, -0.05) is 13.8 Å². The van der Waals surface area contributed by atoms with Crippen LogP contribution in [0.5, 0.6) is 0 Å². The third kappa shape index (κ3) is 2.20. The number of thiazole rings is 1. The van der Waals surface area contributed by atoms with Crippen molar-refractivity contribution in [1.82, 2.24) is 4.98 Å². The van der Waals surface area contributed by atoms with Crippen molar-refractivity contribution in [2.24, 2.45) is 5.92 Å². The van der Waals surface area contributed by atoms with Crippen LogP contribution >= 0.6 is 11.3 Å². The molecule has 0 spiro atoms. The minimum atomic E-state index is -0.0414. The van der Waals surface area contributed by atoms with Gasteiger partial charge in [-0.2, -0.15) is 0 Å². The molecule has 5 heteroatoms. The first-order chi connectivity index (χ1) is 5.59. The molecule has 1 aromatic heterocycles. The molecule has 12 heavy (non-hydrogen) atoms. The molecule has 1 rings (SSSR count). The van der Waals surface area contributed by atoms with Gasteiger partial charge in [-0.15, -0.1) is 11.3 Å². The van der Waals surface area contributed by atoms with Crippen LogP contribution < -0.4 is 11.1 Å². The third-order valence-corrected chi connectivity index (χ3v) is 1.97. The third-order valence-electron chi connectivity index (χ3n) is 1.30. The molecular formula is C7H11N3OS. The fraction of sp³-hybridized carbons (Fsp3) is 0.429. The van der Waals surface area contributed by atoms with Crippen LogP contribution in [0.15, 0.2) is 5.38 Å². The van der Waals surface area contributed by atoms with Gasteiger partial charge in [0.1, 0.15) is 5.82 Å². The number of hydrogen-bond acceptors (Lipinski definition) is 4. The van der Waals surface area contributed by atoms with E-state index in [-0.39, 0.29) is 11.8 Å². The number of nitrogen functional groups attached to an aromatic ring is 1. The van der Waals surface area contributed by atoms with E-state index < -0.39 is 0 Å². The second kappa shape index (κ2) is 3.53. The van der Waals surface area contributed by atoms with Gasteiger partial charge in [0, 0.05) is 11.3 Å². The summed E-state index contributed by atoms with van der Waals surface area (Å²) in [6.07, 6.45) is 0. The molecule has 0 aromatic carbocycles. The molecule has 1 amide bonds. The molecule has 0 bridgehead atoms. The average molecular weight is 185 g/mol. The summed E-state index contributed by atoms with van der Waals surface area (Å²) < 4.78 is 0. The summed E-state index contributed by atoms with van der Waals surface area (Å²) >= 11 is 1.31. The molecule has 0 saturated carbocycles. The van der Waals surface area contributed by atoms with Crippen LogP contribution in [0.1, 0.15) is 13.8 Å². The Morgan fingerprint density at radius 1 is 1.75 bits per heavy atom. The first-order valence-electron chi connectivity index (χ1n) is 3.61. The second-order valence-electron chi connectivity index (χ2n) is 2.71. The Bertz CT molecular complexity index is 282. The number of amides is 1. The summed E-state index contributed by atoms with van der Waals surface area (Å²) in [5.41, 5.74) is 5.39. The first-order valence-corrected chi connectivity index (χ1v) is 4.49. The average Bonchev–Trinajstić information content (AvgIpc) is 2.35. The Kier molecular flexibility index (Phi) is 2.65. The minimum absolute atomic E-state index is 0.0343. The van der Waals surface area contributed by atoms with Crippen LogP contribution in [0.3, 0.4) is 0 Å². The molecule has 66 valence electrons. The molecule has 0 aliphatic carbocycles. The molecule has 4 nitrogen and oxygen atoms in total. The van der Waals surface area contributed by atoms with Crippen LogP contribution in [0.4, 0.5) is 10.9 Å². The SMILES string of the molecule is CC(C)C(=O)Nc1csc(N)n1. The molecule has 0 fully saturated rings. The first kappa shape index (κ1) is 8.99. The normalized spacial score (nSPS) is 10.2. The number of nitrogens with one attached hydrogen (secondary N) is 1. The number of hydrogen-bond donors (Lipinski definition) is 2. The van der Waals surface area contributed by atoms with Crippen molar-refractivity contribution in [2.45, 2.75) is 13.8 Å². The van der Waals surface area contributed by atoms with Gasteiger partial charge >= 0.3 is 0 Å². The van der Waals surface area contributed by atoms with Gasteiger partial charge < -0.3 is 11.1 Å². The zero-order valence-corrected chi connectivity index (χ0v) is 7.81. The summed E-state index contributed by atoms with van der Waals surface area (Å²) in [5, 5.41) is 4.83. The zero-order valence-electron chi connectivity index (χ0n) is 7.00. The number of carbonyl (C=O) groups is 1. The Labute approximate surface area is 74.8 Å². The Morgan fingerprint density at radius 2 is 2.42 bits per heavy atom. The molecule has 0 atom stereocenters. The van der Waals surface area contributed by atoms with E-state index in [1.807, 2.05) is 13.8 Å². The Morgan fingerprint density at radius 3 is 2.83 bits per heavy atom. The van der Waals surface area contributed by atoms with Crippen LogP contribution in [-0.2, 0) is 4.79 Å². The molecule has 0 radical (unpaired) electrons. The lowest BCUT2D eigenvalue weighted by atomic mass is 10.2. The Hall–Kier alpha value is -1.10. The highest BCUT2D eigenvalue weighted by Crippen LogP contribution is 2.15. The van der Waals surface area contributed by atoms with E-state index in [9.17, 15) is 4.79 Å². The highest BCUT2D eigenvalue weighted by Gasteiger charge is 2.08. The van der Waals surface area contributed by atoms with Crippen molar-refractivity contribution in [2.75, 3.05) is 11.1 Å². The monoisotopic (exact) mass is 185 g/mol. The summed E-state index contributed by atoms with van der Waals surface area (Å²) in [7, 11) is 0. The largest absolute Gasteiger partial charge is 0.375 e. The predicted molar refractivity (Wildman–Crippen MR) is 50.0 cm³/mol. The molecule has 1 aromatic rings. The summed E-state index contributed by atoms with van der Waals surface area (Å²) in [6.45, 7) is 3.65. The maximum Gasteiger partial charge on any atom is 0.228 e. The summed E-state index contributed by atoms with van der Waals surface area (Å²) in [4.78, 5) is 15.0. The van der Waals surface area contributed by atoms with Gasteiger partial charge in [0.25, 0.3) is 0 Å². The lowest BCUT2D eigenvalue weighted by Crippen LogP contribution is -2.17. The van der Waals surface area contributed by atoms with Crippen molar-refractivity contribution < 1.29 is 4.79 Å². The van der Waals surface area contributed by atoms with Crippen molar-refractivity contribution in [3.63, 3.8) is 0 Å². The van der Waals surface area contributed by atoms with Crippen LogP contribution in [0.2, 0.25) is 0 Å². The number of rotatable bonds is 2. The lowest BCUT2D eigenvalue weighted by molar-refractivity contribution is -0.118. The van der Waals surface area contributed by atoms with Gasteiger partial charge in [0.15, 0.2) is 5.13 Å². The van der Waals surface area contributed by atoms with E-state index in [2.05, 4.69) is 10.3 Å². The number of carbonyl (C=O) groups excluding carboxylic acids is 1. The molecule has 0 unspecified atom stereocenters. The maximum absolute atomic E-state index is 11.1. The van der Waals surface area contributed by atoms with Crippen molar-refractivity contribution in [1.29, 1.82) is 0 Å². The van der Waals surface area contributed by atoms with E-state index in [4.69, 9.17) is 5.73 Å². The summed E-state index contributed by atoms with van der Waals surface area (Å²) in [5.74, 6) is 0.462. The van der Waals surface area contributed by atoms with Gasteiger partial charge in [0.2, 0.25) is 5.91 Å². The van der Waals surface area contributed by atoms with E-state index >= 15 is 0 Å². The molecule has 1 heterocycles. The predicted octanol–water partition coefficient (Wildman–Crippen LogP) is 1.32.